The van der Waals surface area contributed by atoms with Crippen molar-refractivity contribution >= 4 is 29.3 Å². The number of anilines is 1. The number of nitrogens with one attached hydrogen (secondary N) is 1. The second-order valence-corrected chi connectivity index (χ2v) is 8.58. The second kappa shape index (κ2) is 9.03. The van der Waals surface area contributed by atoms with E-state index in [-0.39, 0.29) is 11.5 Å². The smallest absolute Gasteiger partial charge is 0.325 e. The number of H-pyrrole nitrogens is 1. The van der Waals surface area contributed by atoms with Crippen molar-refractivity contribution in [2.45, 2.75) is 32.1 Å². The summed E-state index contributed by atoms with van der Waals surface area (Å²) in [6.45, 7) is 8.39. The predicted octanol–water partition coefficient (Wildman–Crippen LogP) is 3.15. The van der Waals surface area contributed by atoms with Crippen LogP contribution in [0.1, 0.15) is 31.1 Å². The quantitative estimate of drug-likeness (QED) is 0.205. The lowest BCUT2D eigenvalue weighted by Crippen LogP contribution is -2.60. The largest absolute Gasteiger partial charge is 0.426 e. The highest BCUT2D eigenvalue weighted by atomic mass is 32.2. The van der Waals surface area contributed by atoms with Crippen molar-refractivity contribution in [2.24, 2.45) is 0 Å². The molecule has 1 aliphatic heterocycles. The highest BCUT2D eigenvalue weighted by molar-refractivity contribution is 7.99. The van der Waals surface area contributed by atoms with Crippen LogP contribution >= 0.6 is 11.8 Å². The molecule has 0 saturated carbocycles. The fraction of sp³-hybridized carbons (Fsp3) is 0.208. The van der Waals surface area contributed by atoms with Crippen LogP contribution in [0.3, 0.4) is 0 Å². The van der Waals surface area contributed by atoms with Gasteiger partial charge in [-0.1, -0.05) is 41.6 Å². The number of amides is 1. The fourth-order valence-electron chi connectivity index (χ4n) is 3.91. The lowest BCUT2D eigenvalue weighted by atomic mass is 10.00. The molecule has 0 radical (unpaired) electrons. The summed E-state index contributed by atoms with van der Waals surface area (Å²) in [6, 6.07) is 12.5. The van der Waals surface area contributed by atoms with Gasteiger partial charge in [-0.3, -0.25) is 19.4 Å². The van der Waals surface area contributed by atoms with E-state index >= 15 is 0 Å². The molecule has 1 amide bonds. The molecule has 0 aliphatic carbocycles. The first-order chi connectivity index (χ1) is 15.8. The molecule has 1 aliphatic rings. The highest BCUT2D eigenvalue weighted by Gasteiger charge is 2.46. The van der Waals surface area contributed by atoms with Gasteiger partial charge in [-0.2, -0.15) is 0 Å². The van der Waals surface area contributed by atoms with Gasteiger partial charge in [0.05, 0.1) is 16.8 Å². The molecule has 1 N–H and O–H groups in total. The minimum absolute atomic E-state index is 0.247. The zero-order chi connectivity index (χ0) is 23.7. The Kier molecular flexibility index (Phi) is 6.15. The highest BCUT2D eigenvalue weighted by Crippen LogP contribution is 2.39. The molecule has 0 bridgehead atoms. The van der Waals surface area contributed by atoms with E-state index < -0.39 is 12.1 Å². The molecular formula is C24H23N4O4S+. The van der Waals surface area contributed by atoms with Gasteiger partial charge >= 0.3 is 17.2 Å². The molecule has 0 unspecified atom stereocenters. The van der Waals surface area contributed by atoms with Crippen molar-refractivity contribution < 1.29 is 19.0 Å². The molecule has 0 spiro atoms. The molecule has 9 heteroatoms. The first kappa shape index (κ1) is 22.5. The van der Waals surface area contributed by atoms with Crippen molar-refractivity contribution in [3.8, 4) is 17.0 Å². The molecular weight excluding hydrogens is 440 g/mol. The molecule has 8 nitrogen and oxygen atoms in total. The van der Waals surface area contributed by atoms with Crippen LogP contribution in [0.4, 0.5) is 5.69 Å². The first-order valence-electron chi connectivity index (χ1n) is 10.3. The lowest BCUT2D eigenvalue weighted by Gasteiger charge is -2.32. The van der Waals surface area contributed by atoms with Gasteiger partial charge in [-0.25, -0.2) is 4.90 Å². The number of thioether (sulfide) groups is 1. The van der Waals surface area contributed by atoms with Gasteiger partial charge < -0.3 is 4.74 Å². The molecule has 0 saturated heterocycles. The molecule has 168 valence electrons. The molecule has 4 rings (SSSR count). The number of rotatable bonds is 5. The standard InChI is InChI=1S/C24H22N4O4S/c1-5-12-33-24-25-22(31)21-17-8-6-7-9-19(17)27(15(3)29)23(28(21)26-24)18-13-14(2)10-11-20(18)32-16(4)30/h5-11,13,23H,1,12H2,2-4H3/p+1/t23-/m0/s1. The summed E-state index contributed by atoms with van der Waals surface area (Å²) in [5.74, 6) is 0.105. The third-order valence-corrected chi connectivity index (χ3v) is 5.99. The van der Waals surface area contributed by atoms with Gasteiger partial charge in [0.1, 0.15) is 5.75 Å². The second-order valence-electron chi connectivity index (χ2n) is 7.57. The van der Waals surface area contributed by atoms with Crippen molar-refractivity contribution in [3.05, 3.63) is 76.6 Å². The van der Waals surface area contributed by atoms with E-state index in [4.69, 9.17) is 9.84 Å². The molecule has 1 aromatic heterocycles. The molecule has 33 heavy (non-hydrogen) atoms. The molecule has 2 aromatic carbocycles. The zero-order valence-corrected chi connectivity index (χ0v) is 19.3. The number of ether oxygens (including phenoxy) is 1. The van der Waals surface area contributed by atoms with Crippen LogP contribution < -0.4 is 19.9 Å². The summed E-state index contributed by atoms with van der Waals surface area (Å²) in [5.41, 5.74) is 2.57. The Morgan fingerprint density at radius 3 is 2.73 bits per heavy atom. The number of nitrogens with zero attached hydrogens (tertiary/aromatic N) is 3. The van der Waals surface area contributed by atoms with Gasteiger partial charge in [0.2, 0.25) is 11.1 Å². The number of hydrogen-bond donors (Lipinski definition) is 1. The summed E-state index contributed by atoms with van der Waals surface area (Å²) in [6.07, 6.45) is 0.870. The monoisotopic (exact) mass is 463 g/mol. The van der Waals surface area contributed by atoms with Crippen molar-refractivity contribution in [2.75, 3.05) is 10.7 Å². The van der Waals surface area contributed by atoms with Gasteiger partial charge in [0, 0.05) is 24.7 Å². The maximum Gasteiger partial charge on any atom is 0.325 e. The van der Waals surface area contributed by atoms with Crippen molar-refractivity contribution in [1.29, 1.82) is 0 Å². The number of esters is 1. The number of para-hydroxylation sites is 1. The number of aryl methyl sites for hydroxylation is 1. The van der Waals surface area contributed by atoms with Gasteiger partial charge in [0.25, 0.3) is 6.17 Å². The molecule has 3 aromatic rings. The van der Waals surface area contributed by atoms with Crippen molar-refractivity contribution in [3.63, 3.8) is 0 Å². The van der Waals surface area contributed by atoms with E-state index in [2.05, 4.69) is 11.6 Å². The zero-order valence-electron chi connectivity index (χ0n) is 18.5. The Labute approximate surface area is 194 Å². The van der Waals surface area contributed by atoms with Crippen LogP contribution in [0, 0.1) is 6.92 Å². The summed E-state index contributed by atoms with van der Waals surface area (Å²) in [4.78, 5) is 42.5. The van der Waals surface area contributed by atoms with Crippen LogP contribution in [0.2, 0.25) is 0 Å². The number of aromatic amines is 1. The number of carbonyl (C=O) groups excluding carboxylic acids is 2. The number of benzene rings is 2. The lowest BCUT2D eigenvalue weighted by molar-refractivity contribution is -0.763. The van der Waals surface area contributed by atoms with Crippen LogP contribution in [-0.2, 0) is 9.59 Å². The average Bonchev–Trinajstić information content (AvgIpc) is 2.77. The predicted molar refractivity (Wildman–Crippen MR) is 125 cm³/mol. The van der Waals surface area contributed by atoms with Gasteiger partial charge in [-0.05, 0) is 35.9 Å². The SMILES string of the molecule is C=CCSc1n[n+]2c(c(=O)[nH]1)-c1ccccc1N(C(C)=O)[C@@H]2c1cc(C)ccc1OC(C)=O. The van der Waals surface area contributed by atoms with E-state index in [0.29, 0.717) is 39.2 Å². The number of aromatic nitrogens is 3. The molecule has 0 fully saturated rings. The van der Waals surface area contributed by atoms with Crippen LogP contribution in [-0.4, -0.2) is 27.7 Å². The third kappa shape index (κ3) is 4.19. The van der Waals surface area contributed by atoms with E-state index in [1.54, 1.807) is 41.3 Å². The summed E-state index contributed by atoms with van der Waals surface area (Å²) in [5, 5.41) is 5.08. The minimum Gasteiger partial charge on any atom is -0.426 e. The van der Waals surface area contributed by atoms with Crippen LogP contribution in [0.15, 0.2) is 65.1 Å². The maximum atomic E-state index is 13.2. The van der Waals surface area contributed by atoms with E-state index in [1.807, 2.05) is 19.1 Å². The maximum absolute atomic E-state index is 13.2. The topological polar surface area (TPSA) is 96.2 Å². The minimum atomic E-state index is -0.841. The normalized spacial score (nSPS) is 14.3. The van der Waals surface area contributed by atoms with E-state index in [0.717, 1.165) is 5.56 Å². The van der Waals surface area contributed by atoms with Gasteiger partial charge in [-0.15, -0.1) is 6.58 Å². The first-order valence-corrected chi connectivity index (χ1v) is 11.3. The van der Waals surface area contributed by atoms with Gasteiger partial charge in [0.15, 0.2) is 0 Å². The van der Waals surface area contributed by atoms with Crippen LogP contribution in [0.25, 0.3) is 11.3 Å². The Bertz CT molecular complexity index is 1330. The average molecular weight is 464 g/mol. The summed E-state index contributed by atoms with van der Waals surface area (Å²) >= 11 is 1.32. The fourth-order valence-corrected chi connectivity index (χ4v) is 4.50. The Balaban J connectivity index is 2.07. The van der Waals surface area contributed by atoms with Crippen LogP contribution in [0.5, 0.6) is 5.75 Å². The van der Waals surface area contributed by atoms with Crippen molar-refractivity contribution in [1.82, 2.24) is 10.1 Å². The Morgan fingerprint density at radius 2 is 2.03 bits per heavy atom. The Morgan fingerprint density at radius 1 is 1.27 bits per heavy atom. The van der Waals surface area contributed by atoms with E-state index in [1.165, 1.54) is 30.3 Å². The molecule has 1 atom stereocenters. The number of carbonyl (C=O) groups is 2. The number of fused-ring (bicyclic) bond motifs is 3. The molecule has 2 heterocycles. The number of hydrogen-bond acceptors (Lipinski definition) is 6. The van der Waals surface area contributed by atoms with E-state index in [9.17, 15) is 14.4 Å². The summed E-state index contributed by atoms with van der Waals surface area (Å²) < 4.78 is 7.03. The third-order valence-electron chi connectivity index (χ3n) is 5.13. The summed E-state index contributed by atoms with van der Waals surface area (Å²) in [7, 11) is 0. The Hall–Kier alpha value is -3.72.